The van der Waals surface area contributed by atoms with Crippen molar-refractivity contribution < 1.29 is 123 Å². The highest BCUT2D eigenvalue weighted by atomic mass is 35.5. The van der Waals surface area contributed by atoms with Gasteiger partial charge in [-0.1, -0.05) is 12.1 Å². The number of amides is 1. The predicted octanol–water partition coefficient (Wildman–Crippen LogP) is 1.22. The lowest BCUT2D eigenvalue weighted by Crippen LogP contribution is -2.58. The molecule has 3 aromatic rings. The van der Waals surface area contributed by atoms with Crippen LogP contribution in [0.3, 0.4) is 0 Å². The van der Waals surface area contributed by atoms with Gasteiger partial charge in [0.25, 0.3) is 5.91 Å². The minimum atomic E-state index is -1.95. The summed E-state index contributed by atoms with van der Waals surface area (Å²) in [5, 5.41) is 123. The number of methoxy groups -OCH3 is 1. The van der Waals surface area contributed by atoms with E-state index in [-0.39, 0.29) is 96.1 Å². The minimum Gasteiger partial charge on any atom is -0.507 e. The number of ether oxygens (including phenoxy) is 11. The van der Waals surface area contributed by atoms with E-state index in [1.165, 1.54) is 46.9 Å². The second-order valence-electron chi connectivity index (χ2n) is 25.6. The van der Waals surface area contributed by atoms with Crippen molar-refractivity contribution in [1.82, 2.24) is 16.2 Å². The van der Waals surface area contributed by atoms with Gasteiger partial charge in [0.1, 0.15) is 66.1 Å². The Morgan fingerprint density at radius 1 is 0.699 bits per heavy atom. The van der Waals surface area contributed by atoms with Gasteiger partial charge >= 0.3 is 0 Å². The SMILES string of the molecule is CNNCc1ccc(C(=O)NC(C)C)cc1.CO[C@H](C(=O)[C@@H](O)[C@@H](C)O)C1Cc2cc3cc(O[C@H]4C[C@@H](O[C@H]5C[C@@H](O)[C@H](O)[C@@H](C)O5)[C@@H](O)[C@@H](C)O4)c(C)c(O)c3c(O)c2C(=O)[C@H]1O[C@H]1C[C@@H](O[C@H]2C[C@@H](O[C@H]3C[C@](C)(O)[C@H](O)[C@@H](C)O3)[C@H](O)[C@@H](C)O2)[C@H](O)[C@@H](C)O1.Cl. The summed E-state index contributed by atoms with van der Waals surface area (Å²) >= 11 is 0. The second-order valence-corrected chi connectivity index (χ2v) is 25.6. The molecular formula is C64H96ClN3O25. The Labute approximate surface area is 546 Å². The first-order valence-electron chi connectivity index (χ1n) is 31.5. The lowest BCUT2D eigenvalue weighted by molar-refractivity contribution is -0.334. The van der Waals surface area contributed by atoms with Crippen LogP contribution >= 0.6 is 12.4 Å². The van der Waals surface area contributed by atoms with Gasteiger partial charge in [-0.3, -0.25) is 25.2 Å². The lowest BCUT2D eigenvalue weighted by Gasteiger charge is -2.46. The summed E-state index contributed by atoms with van der Waals surface area (Å²) in [4.78, 5) is 40.6. The maximum Gasteiger partial charge on any atom is 0.251 e. The van der Waals surface area contributed by atoms with E-state index in [2.05, 4.69) is 16.2 Å². The van der Waals surface area contributed by atoms with Gasteiger partial charge in [0, 0.05) is 68.8 Å². The van der Waals surface area contributed by atoms with Crippen LogP contribution in [0.5, 0.6) is 17.2 Å². The number of aliphatic hydroxyl groups is 9. The van der Waals surface area contributed by atoms with Crippen LogP contribution in [-0.4, -0.2) is 241 Å². The van der Waals surface area contributed by atoms with Crippen LogP contribution in [0.4, 0.5) is 0 Å². The number of carbonyl (C=O) groups is 3. The average Bonchev–Trinajstić information content (AvgIpc) is 0.736. The number of phenols is 2. The monoisotopic (exact) mass is 1340 g/mol. The summed E-state index contributed by atoms with van der Waals surface area (Å²) in [7, 11) is 3.01. The van der Waals surface area contributed by atoms with E-state index in [1.54, 1.807) is 27.7 Å². The highest BCUT2D eigenvalue weighted by molar-refractivity contribution is 6.11. The second kappa shape index (κ2) is 32.3. The molecule has 25 atom stereocenters. The summed E-state index contributed by atoms with van der Waals surface area (Å²) in [6, 6.07) is 10.8. The molecule has 28 nitrogen and oxygen atoms in total. The van der Waals surface area contributed by atoms with Crippen LogP contribution in [0.2, 0.25) is 0 Å². The van der Waals surface area contributed by atoms with Crippen LogP contribution in [0.25, 0.3) is 10.8 Å². The Balaban J connectivity index is 0.000000630. The fraction of sp³-hybridized carbons (Fsp3) is 0.703. The Bertz CT molecular complexity index is 2970. The average molecular weight is 1340 g/mol. The van der Waals surface area contributed by atoms with Gasteiger partial charge in [-0.25, -0.2) is 0 Å². The number of aliphatic hydroxyl groups excluding tert-OH is 8. The third-order valence-electron chi connectivity index (χ3n) is 18.0. The first-order valence-corrected chi connectivity index (χ1v) is 31.5. The molecule has 1 aliphatic carbocycles. The van der Waals surface area contributed by atoms with Crippen molar-refractivity contribution in [3.8, 4) is 17.2 Å². The minimum absolute atomic E-state index is 0. The zero-order valence-electron chi connectivity index (χ0n) is 54.4. The van der Waals surface area contributed by atoms with E-state index in [9.17, 15) is 65.8 Å². The standard InChI is InChI=1S/C52H76O24.C12H19N3O.ClH/c1-18-29(72-34-14-30(43(58)21(4)68-34)73-33-13-28(54)42(57)20(3)67-33)12-26-10-25-11-27(49(66-9)48(63)41(56)19(2)53)50(47(62)39(25)46(61)38(26)40(18)55)76-36-16-31(44(59)23(6)70-36)74-35-15-32(45(60)22(5)69-35)75-37-17-52(8,65)51(64)24(7)71-37;1-9(2)15-12(16)11-6-4-10(5-7-11)8-14-13-3;/h10,12,19-24,27-28,30-37,41-45,49-51,53-61,64-65H,11,13-17H2,1-9H3;4-7,9,13-14H,8H2,1-3H3,(H,15,16);1H/t19-,20-,21-,22-,23-,24-,27?,28-,30-,31-,32-,33+,34+,35+,36+,37+,41+,42-,43+,44-,45-,49+,50+,51-,52+;;/m1../s1. The van der Waals surface area contributed by atoms with Crippen molar-refractivity contribution in [2.75, 3.05) is 14.2 Å². The van der Waals surface area contributed by atoms with Crippen molar-refractivity contribution in [2.45, 2.75) is 267 Å². The van der Waals surface area contributed by atoms with E-state index in [1.807, 2.05) is 45.2 Å². The van der Waals surface area contributed by atoms with Crippen LogP contribution in [0.1, 0.15) is 132 Å². The molecular weight excluding hydrogens is 1250 g/mol. The molecule has 6 aliphatic rings. The number of aromatic hydroxyl groups is 2. The maximum absolute atomic E-state index is 15.0. The van der Waals surface area contributed by atoms with Gasteiger partial charge in [0.05, 0.1) is 77.6 Å². The third-order valence-corrected chi connectivity index (χ3v) is 18.0. The fourth-order valence-electron chi connectivity index (χ4n) is 12.7. The van der Waals surface area contributed by atoms with Gasteiger partial charge in [-0.2, -0.15) is 0 Å². The zero-order chi connectivity index (χ0) is 67.5. The molecule has 0 saturated carbocycles. The number of phenolic OH excluding ortho intramolecular Hbond substituents is 2. The number of nitrogens with one attached hydrogen (secondary N) is 3. The van der Waals surface area contributed by atoms with Gasteiger partial charge in [-0.15, -0.1) is 12.4 Å². The van der Waals surface area contributed by atoms with Gasteiger partial charge in [-0.05, 0) is 123 Å². The van der Waals surface area contributed by atoms with E-state index in [0.29, 0.717) is 5.56 Å². The molecule has 93 heavy (non-hydrogen) atoms. The number of Topliss-reactive ketones (excluding diaryl/α,β-unsaturated/α-hetero) is 2. The predicted molar refractivity (Wildman–Crippen MR) is 331 cm³/mol. The molecule has 5 fully saturated rings. The van der Waals surface area contributed by atoms with Crippen LogP contribution < -0.4 is 20.9 Å². The van der Waals surface area contributed by atoms with E-state index >= 15 is 4.79 Å². The molecule has 9 rings (SSSR count). The summed E-state index contributed by atoms with van der Waals surface area (Å²) in [5.74, 6) is -4.09. The number of rotatable bonds is 20. The number of hydrogen-bond acceptors (Lipinski definition) is 27. The number of benzene rings is 3. The number of halogens is 1. The summed E-state index contributed by atoms with van der Waals surface area (Å²) in [6.45, 7) is 16.7. The Hall–Kier alpha value is -4.42. The van der Waals surface area contributed by atoms with E-state index in [4.69, 9.17) is 52.1 Å². The zero-order valence-corrected chi connectivity index (χ0v) is 55.2. The van der Waals surface area contributed by atoms with Gasteiger partial charge < -0.3 is 114 Å². The number of hydrazine groups is 1. The van der Waals surface area contributed by atoms with Crippen LogP contribution in [-0.2, 0) is 65.1 Å². The summed E-state index contributed by atoms with van der Waals surface area (Å²) < 4.78 is 66.5. The topological polar surface area (TPSA) is 411 Å². The molecule has 29 heteroatoms. The molecule has 1 unspecified atom stereocenters. The highest BCUT2D eigenvalue weighted by Crippen LogP contribution is 2.48. The molecule has 0 aromatic heterocycles. The van der Waals surface area contributed by atoms with E-state index in [0.717, 1.165) is 12.1 Å². The molecule has 5 aliphatic heterocycles. The van der Waals surface area contributed by atoms with Crippen molar-refractivity contribution in [2.24, 2.45) is 5.92 Å². The molecule has 14 N–H and O–H groups in total. The molecule has 5 saturated heterocycles. The van der Waals surface area contributed by atoms with Crippen LogP contribution in [0, 0.1) is 12.8 Å². The fourth-order valence-corrected chi connectivity index (χ4v) is 12.7. The molecule has 3 aromatic carbocycles. The van der Waals surface area contributed by atoms with Crippen molar-refractivity contribution in [3.63, 3.8) is 0 Å². The first kappa shape index (κ1) is 76.0. The maximum atomic E-state index is 15.0. The number of ketones is 2. The molecule has 0 spiro atoms. The molecule has 524 valence electrons. The molecule has 0 bridgehead atoms. The van der Waals surface area contributed by atoms with Crippen LogP contribution in [0.15, 0.2) is 36.4 Å². The largest absolute Gasteiger partial charge is 0.507 e. The third kappa shape index (κ3) is 17.7. The van der Waals surface area contributed by atoms with E-state index < -0.39 is 176 Å². The van der Waals surface area contributed by atoms with Crippen molar-refractivity contribution in [1.29, 1.82) is 0 Å². The quantitative estimate of drug-likeness (QED) is 0.0707. The number of fused-ring (bicyclic) bond motifs is 2. The highest BCUT2D eigenvalue weighted by Gasteiger charge is 2.52. The molecule has 1 amide bonds. The summed E-state index contributed by atoms with van der Waals surface area (Å²) in [5.41, 5.74) is 6.20. The van der Waals surface area contributed by atoms with Crippen molar-refractivity contribution in [3.05, 3.63) is 64.2 Å². The Morgan fingerprint density at radius 3 is 1.72 bits per heavy atom. The lowest BCUT2D eigenvalue weighted by atomic mass is 9.75. The van der Waals surface area contributed by atoms with Crippen molar-refractivity contribution >= 4 is 40.7 Å². The molecule has 5 heterocycles. The summed E-state index contributed by atoms with van der Waals surface area (Å²) in [6.07, 6.45) is -27.0. The van der Waals surface area contributed by atoms with Gasteiger partial charge in [0.15, 0.2) is 36.7 Å². The first-order chi connectivity index (χ1) is 43.3. The Morgan fingerprint density at radius 2 is 1.20 bits per heavy atom. The number of carbonyl (C=O) groups excluding carboxylic acids is 3. The molecule has 0 radical (unpaired) electrons. The number of hydrogen-bond donors (Lipinski definition) is 14. The normalized spacial score (nSPS) is 36.5. The Kier molecular flexibility index (Phi) is 26.4. The smallest absolute Gasteiger partial charge is 0.251 e. The van der Waals surface area contributed by atoms with Gasteiger partial charge in [0.2, 0.25) is 6.29 Å².